The summed E-state index contributed by atoms with van der Waals surface area (Å²) in [5, 5.41) is 2.72. The molecule has 0 N–H and O–H groups in total. The molecule has 3 nitrogen and oxygen atoms in total. The molecule has 0 saturated heterocycles. The molecule has 3 aromatic carbocycles. The third kappa shape index (κ3) is 2.18. The fraction of sp³-hybridized carbons (Fsp3) is 0. The summed E-state index contributed by atoms with van der Waals surface area (Å²) in [6, 6.07) is 26.2. The van der Waals surface area contributed by atoms with Crippen LogP contribution >= 0.6 is 22.6 Å². The number of hydrogen-bond acceptors (Lipinski definition) is 2. The normalized spacial score (nSPS) is 11.4. The second-order valence-corrected chi connectivity index (χ2v) is 7.19. The molecule has 0 bridgehead atoms. The van der Waals surface area contributed by atoms with Crippen molar-refractivity contribution in [3.05, 3.63) is 92.9 Å². The van der Waals surface area contributed by atoms with Crippen LogP contribution in [-0.2, 0) is 0 Å². The minimum Gasteiger partial charge on any atom is -0.287 e. The number of halogens is 1. The van der Waals surface area contributed by atoms with Crippen molar-refractivity contribution < 1.29 is 0 Å². The molecule has 0 unspecified atom stereocenters. The first-order valence-electron chi connectivity index (χ1n) is 8.33. The van der Waals surface area contributed by atoms with Gasteiger partial charge in [0.15, 0.2) is 0 Å². The number of benzene rings is 3. The van der Waals surface area contributed by atoms with Crippen molar-refractivity contribution in [1.82, 2.24) is 9.38 Å². The maximum Gasteiger partial charge on any atom is 0.281 e. The van der Waals surface area contributed by atoms with Gasteiger partial charge >= 0.3 is 0 Å². The Hall–Kier alpha value is -2.73. The van der Waals surface area contributed by atoms with Crippen molar-refractivity contribution in [3.8, 4) is 11.1 Å². The first-order valence-corrected chi connectivity index (χ1v) is 9.41. The lowest BCUT2D eigenvalue weighted by molar-refractivity contribution is 1.12. The topological polar surface area (TPSA) is 34.4 Å². The Balaban J connectivity index is 2.12. The van der Waals surface area contributed by atoms with Gasteiger partial charge in [-0.05, 0) is 45.7 Å². The fourth-order valence-corrected chi connectivity index (χ4v) is 4.64. The number of pyridine rings is 1. The molecule has 5 aromatic rings. The standard InChI is InChI=1S/C22H13IN2O/c23-20-19(14-8-2-1-3-9-14)15-10-4-5-11-16(15)21-24-22(26)17-12-6-7-13-18(17)25(20)21/h1-13H. The summed E-state index contributed by atoms with van der Waals surface area (Å²) in [4.78, 5) is 17.0. The molecule has 0 spiro atoms. The van der Waals surface area contributed by atoms with Gasteiger partial charge in [-0.2, -0.15) is 4.98 Å². The van der Waals surface area contributed by atoms with E-state index in [2.05, 4.69) is 50.2 Å². The minimum absolute atomic E-state index is 0.186. The Bertz CT molecular complexity index is 1360. The summed E-state index contributed by atoms with van der Waals surface area (Å²) in [6.45, 7) is 0. The lowest BCUT2D eigenvalue weighted by Crippen LogP contribution is -2.13. The van der Waals surface area contributed by atoms with E-state index in [9.17, 15) is 4.79 Å². The molecule has 0 aliphatic rings. The Morgan fingerprint density at radius 3 is 2.12 bits per heavy atom. The Morgan fingerprint density at radius 1 is 0.731 bits per heavy atom. The zero-order valence-electron chi connectivity index (χ0n) is 13.7. The zero-order chi connectivity index (χ0) is 17.7. The molecule has 124 valence electrons. The number of hydrogen-bond donors (Lipinski definition) is 0. The average molecular weight is 448 g/mol. The first kappa shape index (κ1) is 15.5. The smallest absolute Gasteiger partial charge is 0.281 e. The van der Waals surface area contributed by atoms with Crippen LogP contribution in [0.4, 0.5) is 0 Å². The second-order valence-electron chi connectivity index (χ2n) is 6.17. The van der Waals surface area contributed by atoms with Crippen molar-refractivity contribution in [1.29, 1.82) is 0 Å². The highest BCUT2D eigenvalue weighted by Crippen LogP contribution is 2.35. The zero-order valence-corrected chi connectivity index (χ0v) is 15.8. The molecule has 0 aliphatic carbocycles. The van der Waals surface area contributed by atoms with E-state index in [1.807, 2.05) is 60.7 Å². The molecular weight excluding hydrogens is 435 g/mol. The van der Waals surface area contributed by atoms with Crippen LogP contribution in [0.1, 0.15) is 0 Å². The third-order valence-electron chi connectivity index (χ3n) is 4.70. The van der Waals surface area contributed by atoms with Crippen molar-refractivity contribution in [2.75, 3.05) is 0 Å². The van der Waals surface area contributed by atoms with Crippen LogP contribution in [-0.4, -0.2) is 9.38 Å². The molecule has 0 fully saturated rings. The number of rotatable bonds is 1. The maximum absolute atomic E-state index is 12.6. The summed E-state index contributed by atoms with van der Waals surface area (Å²) >= 11 is 2.37. The van der Waals surface area contributed by atoms with Crippen molar-refractivity contribution in [2.24, 2.45) is 0 Å². The summed E-state index contributed by atoms with van der Waals surface area (Å²) in [6.07, 6.45) is 0. The van der Waals surface area contributed by atoms with E-state index < -0.39 is 0 Å². The number of aromatic nitrogens is 2. The van der Waals surface area contributed by atoms with Gasteiger partial charge in [0.05, 0.1) is 14.6 Å². The van der Waals surface area contributed by atoms with E-state index in [1.165, 1.54) is 0 Å². The van der Waals surface area contributed by atoms with Gasteiger partial charge in [0, 0.05) is 10.9 Å². The van der Waals surface area contributed by atoms with Crippen molar-refractivity contribution in [3.63, 3.8) is 0 Å². The van der Waals surface area contributed by atoms with E-state index in [0.29, 0.717) is 11.0 Å². The quantitative estimate of drug-likeness (QED) is 0.199. The molecule has 0 aliphatic heterocycles. The largest absolute Gasteiger partial charge is 0.287 e. The molecule has 0 saturated carbocycles. The Kier molecular flexibility index (Phi) is 3.53. The van der Waals surface area contributed by atoms with E-state index in [0.717, 1.165) is 31.1 Å². The fourth-order valence-electron chi connectivity index (χ4n) is 3.55. The number of fused-ring (bicyclic) bond motifs is 5. The molecule has 0 amide bonds. The van der Waals surface area contributed by atoms with E-state index >= 15 is 0 Å². The molecule has 4 heteroatoms. The van der Waals surface area contributed by atoms with Crippen LogP contribution < -0.4 is 5.56 Å². The van der Waals surface area contributed by atoms with Crippen LogP contribution in [0, 0.1) is 3.70 Å². The number of para-hydroxylation sites is 1. The van der Waals surface area contributed by atoms with Crippen molar-refractivity contribution >= 4 is 49.9 Å². The lowest BCUT2D eigenvalue weighted by atomic mass is 10.0. The van der Waals surface area contributed by atoms with Gasteiger partial charge in [0.1, 0.15) is 5.65 Å². The van der Waals surface area contributed by atoms with E-state index in [-0.39, 0.29) is 5.56 Å². The summed E-state index contributed by atoms with van der Waals surface area (Å²) in [5.74, 6) is 0. The highest BCUT2D eigenvalue weighted by molar-refractivity contribution is 14.1. The molecule has 26 heavy (non-hydrogen) atoms. The molecule has 0 atom stereocenters. The van der Waals surface area contributed by atoms with E-state index in [4.69, 9.17) is 0 Å². The SMILES string of the molecule is O=c1nc2c3ccccc3c(-c3ccccc3)c(I)n2c2ccccc12. The molecule has 2 aromatic heterocycles. The number of nitrogens with zero attached hydrogens (tertiary/aromatic N) is 2. The monoisotopic (exact) mass is 448 g/mol. The van der Waals surface area contributed by atoms with Gasteiger partial charge in [-0.3, -0.25) is 9.20 Å². The van der Waals surface area contributed by atoms with Gasteiger partial charge in [-0.1, -0.05) is 66.7 Å². The van der Waals surface area contributed by atoms with Gasteiger partial charge in [-0.15, -0.1) is 0 Å². The van der Waals surface area contributed by atoms with Crippen LogP contribution in [0.15, 0.2) is 83.7 Å². The predicted molar refractivity (Wildman–Crippen MR) is 115 cm³/mol. The maximum atomic E-state index is 12.6. The molecular formula is C22H13IN2O. The summed E-state index contributed by atoms with van der Waals surface area (Å²) < 4.78 is 3.15. The summed E-state index contributed by atoms with van der Waals surface area (Å²) in [5.41, 5.74) is 3.71. The van der Waals surface area contributed by atoms with Gasteiger partial charge in [0.2, 0.25) is 0 Å². The van der Waals surface area contributed by atoms with Crippen LogP contribution in [0.5, 0.6) is 0 Å². The highest BCUT2D eigenvalue weighted by atomic mass is 127. The molecule has 2 heterocycles. The minimum atomic E-state index is -0.186. The van der Waals surface area contributed by atoms with Gasteiger partial charge < -0.3 is 0 Å². The van der Waals surface area contributed by atoms with Gasteiger partial charge in [-0.25, -0.2) is 0 Å². The Labute approximate surface area is 163 Å². The van der Waals surface area contributed by atoms with Crippen molar-refractivity contribution in [2.45, 2.75) is 0 Å². The first-order chi connectivity index (χ1) is 12.8. The molecule has 0 radical (unpaired) electrons. The van der Waals surface area contributed by atoms with Crippen LogP contribution in [0.25, 0.3) is 38.4 Å². The Morgan fingerprint density at radius 2 is 1.35 bits per heavy atom. The van der Waals surface area contributed by atoms with Crippen LogP contribution in [0.2, 0.25) is 0 Å². The van der Waals surface area contributed by atoms with E-state index in [1.54, 1.807) is 0 Å². The third-order valence-corrected chi connectivity index (χ3v) is 5.72. The highest BCUT2D eigenvalue weighted by Gasteiger charge is 2.17. The van der Waals surface area contributed by atoms with Gasteiger partial charge in [0.25, 0.3) is 5.56 Å². The summed E-state index contributed by atoms with van der Waals surface area (Å²) in [7, 11) is 0. The molecule has 5 rings (SSSR count). The average Bonchev–Trinajstić information content (AvgIpc) is 2.69. The van der Waals surface area contributed by atoms with Crippen LogP contribution in [0.3, 0.4) is 0 Å². The lowest BCUT2D eigenvalue weighted by Gasteiger charge is -2.16. The second kappa shape index (κ2) is 5.92. The predicted octanol–water partition coefficient (Wildman–Crippen LogP) is 5.27.